The Morgan fingerprint density at radius 3 is 2.65 bits per heavy atom. The van der Waals surface area contributed by atoms with Crippen LogP contribution in [0, 0.1) is 0 Å². The van der Waals surface area contributed by atoms with E-state index in [1.807, 2.05) is 18.2 Å². The summed E-state index contributed by atoms with van der Waals surface area (Å²) in [5, 5.41) is 13.9. The molecule has 0 amide bonds. The molecule has 23 heavy (non-hydrogen) atoms. The number of hydrogen-bond donors (Lipinski definition) is 2. The van der Waals surface area contributed by atoms with E-state index >= 15 is 0 Å². The molecule has 0 aromatic heterocycles. The molecule has 2 atom stereocenters. The number of phenols is 1. The van der Waals surface area contributed by atoms with Crippen molar-refractivity contribution in [3.63, 3.8) is 0 Å². The first-order valence-corrected chi connectivity index (χ1v) is 8.25. The molecule has 2 aromatic carbocycles. The molecular formula is C20H25NO2. The number of aromatic hydroxyl groups is 1. The Kier molecular flexibility index (Phi) is 4.31. The second kappa shape index (κ2) is 6.25. The molecule has 0 aliphatic carbocycles. The fourth-order valence-corrected chi connectivity index (χ4v) is 3.42. The zero-order valence-electron chi connectivity index (χ0n) is 14.0. The molecule has 1 aliphatic heterocycles. The lowest BCUT2D eigenvalue weighted by Gasteiger charge is -2.38. The summed E-state index contributed by atoms with van der Waals surface area (Å²) in [6.45, 7) is 7.19. The molecule has 0 saturated heterocycles. The fraction of sp³-hybridized carbons (Fsp3) is 0.400. The number of benzene rings is 2. The number of hydrogen-bond acceptors (Lipinski definition) is 3. The van der Waals surface area contributed by atoms with Crippen molar-refractivity contribution in [3.05, 3.63) is 59.7 Å². The van der Waals surface area contributed by atoms with Crippen LogP contribution in [0.4, 0.5) is 0 Å². The maximum Gasteiger partial charge on any atom is 0.127 e. The van der Waals surface area contributed by atoms with Crippen LogP contribution < -0.4 is 10.1 Å². The SMILES string of the molecule is CC(NC[C@@H]1CC(C)(C)Oc2cccc(O)c21)c1ccccc1. The van der Waals surface area contributed by atoms with Crippen molar-refractivity contribution >= 4 is 0 Å². The largest absolute Gasteiger partial charge is 0.508 e. The van der Waals surface area contributed by atoms with Gasteiger partial charge in [-0.05, 0) is 44.9 Å². The summed E-state index contributed by atoms with van der Waals surface area (Å²) >= 11 is 0. The molecule has 2 aromatic rings. The predicted octanol–water partition coefficient (Wildman–Crippen LogP) is 4.39. The maximum absolute atomic E-state index is 10.3. The number of fused-ring (bicyclic) bond motifs is 1. The van der Waals surface area contributed by atoms with Crippen molar-refractivity contribution in [1.29, 1.82) is 0 Å². The van der Waals surface area contributed by atoms with Crippen LogP contribution in [0.3, 0.4) is 0 Å². The lowest BCUT2D eigenvalue weighted by molar-refractivity contribution is 0.0702. The van der Waals surface area contributed by atoms with Crippen LogP contribution in [-0.2, 0) is 0 Å². The van der Waals surface area contributed by atoms with Gasteiger partial charge in [-0.3, -0.25) is 0 Å². The molecule has 2 N–H and O–H groups in total. The minimum Gasteiger partial charge on any atom is -0.508 e. The monoisotopic (exact) mass is 311 g/mol. The van der Waals surface area contributed by atoms with Gasteiger partial charge in [0.15, 0.2) is 0 Å². The second-order valence-electron chi connectivity index (χ2n) is 6.99. The lowest BCUT2D eigenvalue weighted by Crippen LogP contribution is -2.38. The number of ether oxygens (including phenoxy) is 1. The van der Waals surface area contributed by atoms with E-state index in [-0.39, 0.29) is 17.6 Å². The van der Waals surface area contributed by atoms with Crippen molar-refractivity contribution in [2.45, 2.75) is 44.8 Å². The molecule has 0 spiro atoms. The van der Waals surface area contributed by atoms with Crippen molar-refractivity contribution in [2.24, 2.45) is 0 Å². The van der Waals surface area contributed by atoms with Gasteiger partial charge in [0.05, 0.1) is 0 Å². The number of rotatable bonds is 4. The average Bonchev–Trinajstić information content (AvgIpc) is 2.52. The summed E-state index contributed by atoms with van der Waals surface area (Å²) in [5.74, 6) is 1.37. The third kappa shape index (κ3) is 3.50. The molecule has 0 radical (unpaired) electrons. The standard InChI is InChI=1S/C20H25NO2/c1-14(15-8-5-4-6-9-15)21-13-16-12-20(2,3)23-18-11-7-10-17(22)19(16)18/h4-11,14,16,21-22H,12-13H2,1-3H3/t14?,16-/m0/s1. The molecule has 1 aliphatic rings. The minimum atomic E-state index is -0.219. The Hall–Kier alpha value is -2.00. The van der Waals surface area contributed by atoms with E-state index in [0.29, 0.717) is 5.75 Å². The van der Waals surface area contributed by atoms with Gasteiger partial charge in [-0.2, -0.15) is 0 Å². The maximum atomic E-state index is 10.3. The number of phenolic OH excluding ortho intramolecular Hbond substituents is 1. The predicted molar refractivity (Wildman–Crippen MR) is 93.0 cm³/mol. The van der Waals surface area contributed by atoms with Crippen molar-refractivity contribution < 1.29 is 9.84 Å². The van der Waals surface area contributed by atoms with Gasteiger partial charge in [0, 0.05) is 24.1 Å². The van der Waals surface area contributed by atoms with Gasteiger partial charge in [0.25, 0.3) is 0 Å². The first-order valence-electron chi connectivity index (χ1n) is 8.25. The number of nitrogens with one attached hydrogen (secondary N) is 1. The first kappa shape index (κ1) is 15.9. The summed E-state index contributed by atoms with van der Waals surface area (Å²) in [5.41, 5.74) is 1.99. The zero-order chi connectivity index (χ0) is 16.4. The van der Waals surface area contributed by atoms with Crippen LogP contribution in [0.2, 0.25) is 0 Å². The summed E-state index contributed by atoms with van der Waals surface area (Å²) in [7, 11) is 0. The quantitative estimate of drug-likeness (QED) is 0.880. The van der Waals surface area contributed by atoms with E-state index in [1.54, 1.807) is 6.07 Å². The smallest absolute Gasteiger partial charge is 0.127 e. The Bertz CT molecular complexity index is 667. The fourth-order valence-electron chi connectivity index (χ4n) is 3.42. The minimum absolute atomic E-state index is 0.219. The van der Waals surface area contributed by atoms with Crippen LogP contribution in [0.15, 0.2) is 48.5 Å². The van der Waals surface area contributed by atoms with Crippen LogP contribution in [0.1, 0.15) is 50.3 Å². The van der Waals surface area contributed by atoms with Gasteiger partial charge < -0.3 is 15.2 Å². The highest BCUT2D eigenvalue weighted by molar-refractivity contribution is 5.48. The Labute approximate surface area is 138 Å². The van der Waals surface area contributed by atoms with Gasteiger partial charge in [-0.15, -0.1) is 0 Å². The van der Waals surface area contributed by atoms with Crippen LogP contribution in [0.25, 0.3) is 0 Å². The van der Waals surface area contributed by atoms with Crippen molar-refractivity contribution in [1.82, 2.24) is 5.32 Å². The van der Waals surface area contributed by atoms with Gasteiger partial charge in [-0.1, -0.05) is 36.4 Å². The molecule has 122 valence electrons. The third-order valence-electron chi connectivity index (χ3n) is 4.55. The average molecular weight is 311 g/mol. The van der Waals surface area contributed by atoms with Gasteiger partial charge in [0.2, 0.25) is 0 Å². The van der Waals surface area contributed by atoms with E-state index in [0.717, 1.165) is 24.3 Å². The summed E-state index contributed by atoms with van der Waals surface area (Å²) < 4.78 is 6.03. The molecule has 3 nitrogen and oxygen atoms in total. The topological polar surface area (TPSA) is 41.5 Å². The molecular weight excluding hydrogens is 286 g/mol. The van der Waals surface area contributed by atoms with Crippen LogP contribution in [-0.4, -0.2) is 17.3 Å². The highest BCUT2D eigenvalue weighted by atomic mass is 16.5. The highest BCUT2D eigenvalue weighted by Gasteiger charge is 2.35. The zero-order valence-corrected chi connectivity index (χ0v) is 14.0. The molecule has 0 saturated carbocycles. The Balaban J connectivity index is 1.78. The summed E-state index contributed by atoms with van der Waals surface area (Å²) in [6.07, 6.45) is 0.881. The van der Waals surface area contributed by atoms with E-state index in [2.05, 4.69) is 50.4 Å². The van der Waals surface area contributed by atoms with E-state index in [1.165, 1.54) is 5.56 Å². The third-order valence-corrected chi connectivity index (χ3v) is 4.55. The molecule has 0 fully saturated rings. The van der Waals surface area contributed by atoms with Gasteiger partial charge in [0.1, 0.15) is 17.1 Å². The highest BCUT2D eigenvalue weighted by Crippen LogP contribution is 2.44. The Morgan fingerprint density at radius 2 is 1.91 bits per heavy atom. The van der Waals surface area contributed by atoms with Crippen molar-refractivity contribution in [2.75, 3.05) is 6.54 Å². The van der Waals surface area contributed by atoms with Gasteiger partial charge in [-0.25, -0.2) is 0 Å². The summed E-state index contributed by atoms with van der Waals surface area (Å²) in [4.78, 5) is 0. The van der Waals surface area contributed by atoms with Crippen LogP contribution >= 0.6 is 0 Å². The van der Waals surface area contributed by atoms with Crippen molar-refractivity contribution in [3.8, 4) is 11.5 Å². The van der Waals surface area contributed by atoms with E-state index in [4.69, 9.17) is 4.74 Å². The molecule has 3 heteroatoms. The van der Waals surface area contributed by atoms with E-state index in [9.17, 15) is 5.11 Å². The molecule has 0 bridgehead atoms. The normalized spacial score (nSPS) is 20.4. The summed E-state index contributed by atoms with van der Waals surface area (Å²) in [6, 6.07) is 16.2. The molecule has 1 heterocycles. The second-order valence-corrected chi connectivity index (χ2v) is 6.99. The first-order chi connectivity index (χ1) is 11.0. The molecule has 1 unspecified atom stereocenters. The Morgan fingerprint density at radius 1 is 1.17 bits per heavy atom. The molecule has 3 rings (SSSR count). The van der Waals surface area contributed by atoms with Crippen LogP contribution in [0.5, 0.6) is 11.5 Å². The van der Waals surface area contributed by atoms with Gasteiger partial charge >= 0.3 is 0 Å². The lowest BCUT2D eigenvalue weighted by atomic mass is 9.83. The van der Waals surface area contributed by atoms with E-state index < -0.39 is 0 Å².